The number of piperazine rings is 1. The molecule has 1 fully saturated rings. The van der Waals surface area contributed by atoms with Gasteiger partial charge < -0.3 is 14.7 Å². The smallest absolute Gasteiger partial charge is 0.322 e. The third kappa shape index (κ3) is 3.89. The minimum absolute atomic E-state index is 0.145. The number of ether oxygens (including phenoxy) is 1. The molecule has 1 aromatic heterocycles. The molecule has 0 aliphatic carbocycles. The van der Waals surface area contributed by atoms with Gasteiger partial charge in [-0.1, -0.05) is 0 Å². The van der Waals surface area contributed by atoms with Crippen LogP contribution in [-0.2, 0) is 0 Å². The molecule has 1 aliphatic rings. The van der Waals surface area contributed by atoms with Gasteiger partial charge in [0.2, 0.25) is 11.2 Å². The quantitative estimate of drug-likeness (QED) is 0.819. The van der Waals surface area contributed by atoms with Crippen LogP contribution in [0.15, 0.2) is 0 Å². The van der Waals surface area contributed by atoms with Gasteiger partial charge in [0.15, 0.2) is 0 Å². The second-order valence-electron chi connectivity index (χ2n) is 4.17. The average molecular weight is 288 g/mol. The van der Waals surface area contributed by atoms with Crippen LogP contribution in [0.4, 0.5) is 5.95 Å². The van der Waals surface area contributed by atoms with Gasteiger partial charge in [0, 0.05) is 32.7 Å². The predicted octanol–water partition coefficient (Wildman–Crippen LogP) is 0.0380. The largest absolute Gasteiger partial charge is 0.464 e. The lowest BCUT2D eigenvalue weighted by molar-refractivity contribution is 0.188. The maximum atomic E-state index is 8.91. The summed E-state index contributed by atoms with van der Waals surface area (Å²) < 4.78 is 5.26. The van der Waals surface area contributed by atoms with Gasteiger partial charge in [-0.3, -0.25) is 4.90 Å². The Labute approximate surface area is 117 Å². The molecule has 1 saturated heterocycles. The fourth-order valence-electron chi connectivity index (χ4n) is 1.97. The van der Waals surface area contributed by atoms with Crippen molar-refractivity contribution >= 4 is 17.5 Å². The first-order chi connectivity index (χ1) is 9.22. The first-order valence-electron chi connectivity index (χ1n) is 6.35. The zero-order valence-electron chi connectivity index (χ0n) is 10.9. The Kier molecular flexibility index (Phi) is 5.12. The predicted molar refractivity (Wildman–Crippen MR) is 71.7 cm³/mol. The Morgan fingerprint density at radius 2 is 1.95 bits per heavy atom. The molecule has 0 aromatic carbocycles. The Morgan fingerprint density at radius 3 is 2.58 bits per heavy atom. The summed E-state index contributed by atoms with van der Waals surface area (Å²) in [5.41, 5.74) is 0. The molecule has 8 heteroatoms. The van der Waals surface area contributed by atoms with Gasteiger partial charge in [-0.2, -0.15) is 15.0 Å². The highest BCUT2D eigenvalue weighted by Crippen LogP contribution is 2.16. The fourth-order valence-corrected chi connectivity index (χ4v) is 2.12. The number of aliphatic hydroxyl groups excluding tert-OH is 1. The summed E-state index contributed by atoms with van der Waals surface area (Å²) in [5.74, 6) is 0.548. The summed E-state index contributed by atoms with van der Waals surface area (Å²) in [6, 6.07) is 0.260. The molecule has 0 spiro atoms. The molecule has 0 amide bonds. The number of β-amino-alcohol motifs (C(OH)–C–C–N with tert-alkyl or cyclic N) is 1. The van der Waals surface area contributed by atoms with Crippen molar-refractivity contribution in [2.75, 3.05) is 50.8 Å². The minimum atomic E-state index is 0.145. The van der Waals surface area contributed by atoms with Crippen molar-refractivity contribution in [3.63, 3.8) is 0 Å². The maximum absolute atomic E-state index is 8.91. The number of halogens is 1. The third-order valence-electron chi connectivity index (χ3n) is 2.92. The summed E-state index contributed by atoms with van der Waals surface area (Å²) in [7, 11) is 0. The van der Waals surface area contributed by atoms with E-state index in [2.05, 4.69) is 19.9 Å². The highest BCUT2D eigenvalue weighted by molar-refractivity contribution is 6.28. The van der Waals surface area contributed by atoms with E-state index in [1.807, 2.05) is 11.8 Å². The standard InChI is InChI=1S/C11H18ClN5O2/c1-2-19-11-14-9(12)13-10(15-11)17-5-3-16(4-6-17)7-8-18/h18H,2-8H2,1H3. The maximum Gasteiger partial charge on any atom is 0.322 e. The monoisotopic (exact) mass is 287 g/mol. The number of aliphatic hydroxyl groups is 1. The fraction of sp³-hybridized carbons (Fsp3) is 0.727. The number of nitrogens with zero attached hydrogens (tertiary/aromatic N) is 5. The van der Waals surface area contributed by atoms with Crippen molar-refractivity contribution in [2.24, 2.45) is 0 Å². The van der Waals surface area contributed by atoms with E-state index in [1.54, 1.807) is 0 Å². The molecule has 1 N–H and O–H groups in total. The van der Waals surface area contributed by atoms with Gasteiger partial charge in [0.05, 0.1) is 13.2 Å². The molecule has 7 nitrogen and oxygen atoms in total. The van der Waals surface area contributed by atoms with Gasteiger partial charge in [-0.05, 0) is 18.5 Å². The molecule has 0 radical (unpaired) electrons. The molecule has 1 aromatic rings. The summed E-state index contributed by atoms with van der Waals surface area (Å²) in [6.45, 7) is 6.58. The summed E-state index contributed by atoms with van der Waals surface area (Å²) in [6.07, 6.45) is 0. The van der Waals surface area contributed by atoms with Crippen LogP contribution in [0.1, 0.15) is 6.92 Å². The van der Waals surface area contributed by atoms with E-state index >= 15 is 0 Å². The van der Waals surface area contributed by atoms with Crippen LogP contribution >= 0.6 is 11.6 Å². The highest BCUT2D eigenvalue weighted by atomic mass is 35.5. The molecule has 1 aliphatic heterocycles. The van der Waals surface area contributed by atoms with E-state index in [1.165, 1.54) is 0 Å². The van der Waals surface area contributed by atoms with E-state index in [0.717, 1.165) is 26.2 Å². The van der Waals surface area contributed by atoms with Crippen molar-refractivity contribution in [1.29, 1.82) is 0 Å². The van der Waals surface area contributed by atoms with Crippen molar-refractivity contribution in [3.8, 4) is 6.01 Å². The normalized spacial score (nSPS) is 16.7. The molecule has 0 atom stereocenters. The van der Waals surface area contributed by atoms with E-state index < -0.39 is 0 Å². The van der Waals surface area contributed by atoms with Crippen LogP contribution in [0.5, 0.6) is 6.01 Å². The van der Waals surface area contributed by atoms with Gasteiger partial charge in [0.1, 0.15) is 0 Å². The molecule has 106 valence electrons. The minimum Gasteiger partial charge on any atom is -0.464 e. The van der Waals surface area contributed by atoms with Crippen molar-refractivity contribution in [1.82, 2.24) is 19.9 Å². The second-order valence-corrected chi connectivity index (χ2v) is 4.51. The Hall–Kier alpha value is -1.18. The van der Waals surface area contributed by atoms with Crippen molar-refractivity contribution in [3.05, 3.63) is 5.28 Å². The van der Waals surface area contributed by atoms with E-state index in [4.69, 9.17) is 21.4 Å². The van der Waals surface area contributed by atoms with Crippen LogP contribution in [0.25, 0.3) is 0 Å². The lowest BCUT2D eigenvalue weighted by Crippen LogP contribution is -2.47. The second kappa shape index (κ2) is 6.83. The molecule has 0 bridgehead atoms. The molecular weight excluding hydrogens is 270 g/mol. The number of rotatable bonds is 5. The van der Waals surface area contributed by atoms with Crippen LogP contribution in [0, 0.1) is 0 Å². The molecule has 2 rings (SSSR count). The average Bonchev–Trinajstić information content (AvgIpc) is 2.40. The third-order valence-corrected chi connectivity index (χ3v) is 3.09. The van der Waals surface area contributed by atoms with Crippen molar-refractivity contribution in [2.45, 2.75) is 6.92 Å². The van der Waals surface area contributed by atoms with Crippen LogP contribution in [0.3, 0.4) is 0 Å². The topological polar surface area (TPSA) is 74.6 Å². The summed E-state index contributed by atoms with van der Waals surface area (Å²) in [5, 5.41) is 9.06. The molecular formula is C11H18ClN5O2. The van der Waals surface area contributed by atoms with Gasteiger partial charge in [0.25, 0.3) is 0 Å². The molecule has 2 heterocycles. The first kappa shape index (κ1) is 14.2. The first-order valence-corrected chi connectivity index (χ1v) is 6.73. The number of hydrogen-bond acceptors (Lipinski definition) is 7. The lowest BCUT2D eigenvalue weighted by Gasteiger charge is -2.34. The number of hydrogen-bond donors (Lipinski definition) is 1. The van der Waals surface area contributed by atoms with E-state index in [0.29, 0.717) is 19.1 Å². The number of aromatic nitrogens is 3. The summed E-state index contributed by atoms with van der Waals surface area (Å²) in [4.78, 5) is 16.5. The van der Waals surface area contributed by atoms with Crippen molar-refractivity contribution < 1.29 is 9.84 Å². The summed E-state index contributed by atoms with van der Waals surface area (Å²) >= 11 is 5.87. The Bertz CT molecular complexity index is 412. The lowest BCUT2D eigenvalue weighted by atomic mass is 10.3. The van der Waals surface area contributed by atoms with Gasteiger partial charge in [-0.25, -0.2) is 0 Å². The highest BCUT2D eigenvalue weighted by Gasteiger charge is 2.20. The van der Waals surface area contributed by atoms with E-state index in [-0.39, 0.29) is 17.9 Å². The Balaban J connectivity index is 2.02. The SMILES string of the molecule is CCOc1nc(Cl)nc(N2CCN(CCO)CC2)n1. The van der Waals surface area contributed by atoms with Gasteiger partial charge in [-0.15, -0.1) is 0 Å². The molecule has 0 unspecified atom stereocenters. The van der Waals surface area contributed by atoms with E-state index in [9.17, 15) is 0 Å². The van der Waals surface area contributed by atoms with Gasteiger partial charge >= 0.3 is 6.01 Å². The zero-order chi connectivity index (χ0) is 13.7. The Morgan fingerprint density at radius 1 is 1.21 bits per heavy atom. The van der Waals surface area contributed by atoms with Crippen LogP contribution < -0.4 is 9.64 Å². The van der Waals surface area contributed by atoms with Crippen LogP contribution in [-0.4, -0.2) is 70.9 Å². The van der Waals surface area contributed by atoms with Crippen LogP contribution in [0.2, 0.25) is 5.28 Å². The zero-order valence-corrected chi connectivity index (χ0v) is 11.7. The molecule has 19 heavy (non-hydrogen) atoms. The number of anilines is 1. The molecule has 0 saturated carbocycles.